The van der Waals surface area contributed by atoms with E-state index in [1.54, 1.807) is 5.57 Å². The van der Waals surface area contributed by atoms with Gasteiger partial charge in [-0.3, -0.25) is 0 Å². The molecule has 1 aromatic rings. The second-order valence-corrected chi connectivity index (χ2v) is 5.17. The van der Waals surface area contributed by atoms with Crippen LogP contribution >= 0.6 is 0 Å². The first-order chi connectivity index (χ1) is 8.38. The average Bonchev–Trinajstić information content (AvgIpc) is 2.82. The van der Waals surface area contributed by atoms with Crippen LogP contribution in [0.25, 0.3) is 0 Å². The fourth-order valence-corrected chi connectivity index (χ4v) is 3.18. The van der Waals surface area contributed by atoms with E-state index in [0.717, 1.165) is 5.92 Å². The summed E-state index contributed by atoms with van der Waals surface area (Å²) in [6.45, 7) is 2.30. The van der Waals surface area contributed by atoms with Crippen molar-refractivity contribution in [2.45, 2.75) is 25.7 Å². The zero-order valence-electron chi connectivity index (χ0n) is 10.8. The molecule has 0 saturated heterocycles. The van der Waals surface area contributed by atoms with Crippen LogP contribution in [0.3, 0.4) is 0 Å². The molecule has 1 fully saturated rings. The van der Waals surface area contributed by atoms with Crippen molar-refractivity contribution in [3.63, 3.8) is 0 Å². The predicted octanol–water partition coefficient (Wildman–Crippen LogP) is 4.51. The normalized spacial score (nSPS) is 28.9. The van der Waals surface area contributed by atoms with Crippen molar-refractivity contribution in [3.8, 4) is 0 Å². The van der Waals surface area contributed by atoms with Gasteiger partial charge in [-0.25, -0.2) is 18.1 Å². The van der Waals surface area contributed by atoms with Crippen LogP contribution in [0.4, 0.5) is 0 Å². The molecule has 0 N–H and O–H groups in total. The van der Waals surface area contributed by atoms with Crippen LogP contribution in [-0.2, 0) is 26.2 Å². The van der Waals surface area contributed by atoms with Gasteiger partial charge in [0.15, 0.2) is 0 Å². The fourth-order valence-electron chi connectivity index (χ4n) is 3.18. The van der Waals surface area contributed by atoms with Crippen LogP contribution in [0, 0.1) is 18.3 Å². The molecule has 1 heteroatoms. The van der Waals surface area contributed by atoms with E-state index in [9.17, 15) is 0 Å². The Balaban J connectivity index is 0.00000120. The third-order valence-electron chi connectivity index (χ3n) is 4.16. The number of hydrogen-bond acceptors (Lipinski definition) is 0. The standard InChI is InChI=1S/C17H19.Zr/c1-2-13-11-15-9-6-10-16(17(15)12-13)14-7-4-3-5-8-14;/h3-11,13,16-17H,2,12H2,1H3;/q-1;. The molecular formula is C17H19Zr-. The number of hydrogen-bond donors (Lipinski definition) is 0. The van der Waals surface area contributed by atoms with E-state index in [4.69, 9.17) is 0 Å². The molecule has 0 amide bonds. The molecule has 0 spiro atoms. The number of benzene rings is 1. The molecule has 1 aromatic carbocycles. The zero-order valence-corrected chi connectivity index (χ0v) is 13.3. The second-order valence-electron chi connectivity index (χ2n) is 5.17. The van der Waals surface area contributed by atoms with Crippen molar-refractivity contribution in [1.29, 1.82) is 0 Å². The van der Waals surface area contributed by atoms with Crippen molar-refractivity contribution in [3.05, 3.63) is 66.1 Å². The zero-order chi connectivity index (χ0) is 11.7. The Morgan fingerprint density at radius 1 is 1.22 bits per heavy atom. The Morgan fingerprint density at radius 3 is 2.72 bits per heavy atom. The van der Waals surface area contributed by atoms with Gasteiger partial charge in [-0.1, -0.05) is 62.1 Å². The van der Waals surface area contributed by atoms with E-state index in [-0.39, 0.29) is 26.2 Å². The minimum atomic E-state index is 0. The molecule has 0 nitrogen and oxygen atoms in total. The first-order valence-corrected chi connectivity index (χ1v) is 6.66. The van der Waals surface area contributed by atoms with Crippen LogP contribution in [0.5, 0.6) is 0 Å². The van der Waals surface area contributed by atoms with Gasteiger partial charge in [-0.15, -0.1) is 6.08 Å². The first kappa shape index (κ1) is 13.9. The molecule has 18 heavy (non-hydrogen) atoms. The second kappa shape index (κ2) is 6.06. The van der Waals surface area contributed by atoms with E-state index in [0.29, 0.717) is 11.8 Å². The molecule has 0 aliphatic heterocycles. The van der Waals surface area contributed by atoms with Crippen LogP contribution in [0.2, 0.25) is 0 Å². The quantitative estimate of drug-likeness (QED) is 0.704. The number of fused-ring (bicyclic) bond motifs is 1. The molecule has 2 aliphatic carbocycles. The first-order valence-electron chi connectivity index (χ1n) is 6.66. The molecular weight excluding hydrogens is 295 g/mol. The maximum Gasteiger partial charge on any atom is 0.00461 e. The van der Waals surface area contributed by atoms with Crippen LogP contribution in [0.15, 0.2) is 54.1 Å². The molecule has 3 atom stereocenters. The van der Waals surface area contributed by atoms with E-state index in [1.807, 2.05) is 0 Å². The summed E-state index contributed by atoms with van der Waals surface area (Å²) in [5.41, 5.74) is 3.03. The molecule has 92 valence electrons. The maximum atomic E-state index is 2.49. The van der Waals surface area contributed by atoms with Crippen LogP contribution < -0.4 is 0 Å². The van der Waals surface area contributed by atoms with Crippen LogP contribution in [0.1, 0.15) is 31.2 Å². The third-order valence-corrected chi connectivity index (χ3v) is 4.16. The van der Waals surface area contributed by atoms with Gasteiger partial charge in [-0.05, 0) is 11.5 Å². The van der Waals surface area contributed by atoms with Crippen LogP contribution in [-0.4, -0.2) is 0 Å². The topological polar surface area (TPSA) is 0 Å². The summed E-state index contributed by atoms with van der Waals surface area (Å²) < 4.78 is 0. The predicted molar refractivity (Wildman–Crippen MR) is 72.6 cm³/mol. The minimum absolute atomic E-state index is 0. The van der Waals surface area contributed by atoms with Gasteiger partial charge in [0, 0.05) is 32.1 Å². The van der Waals surface area contributed by atoms with Gasteiger partial charge in [0.05, 0.1) is 0 Å². The van der Waals surface area contributed by atoms with Crippen molar-refractivity contribution in [2.24, 2.45) is 11.8 Å². The molecule has 0 bridgehead atoms. The molecule has 0 heterocycles. The smallest absolute Gasteiger partial charge is 0.00461 e. The Labute approximate surface area is 129 Å². The SMILES string of the molecule is CCC1[CH-]C2=CC=CC(c3ccccc3)C2C1.[Zr]. The Hall–Kier alpha value is -0.547. The van der Waals surface area contributed by atoms with Crippen molar-refractivity contribution >= 4 is 0 Å². The van der Waals surface area contributed by atoms with Gasteiger partial charge in [0.1, 0.15) is 0 Å². The molecule has 3 unspecified atom stereocenters. The van der Waals surface area contributed by atoms with Gasteiger partial charge in [0.25, 0.3) is 0 Å². The van der Waals surface area contributed by atoms with Gasteiger partial charge in [0.2, 0.25) is 0 Å². The summed E-state index contributed by atoms with van der Waals surface area (Å²) in [6, 6.07) is 10.9. The monoisotopic (exact) mass is 313 g/mol. The van der Waals surface area contributed by atoms with Crippen molar-refractivity contribution in [1.82, 2.24) is 0 Å². The average molecular weight is 315 g/mol. The third kappa shape index (κ3) is 2.57. The largest absolute Gasteiger partial charge is 0.224 e. The number of allylic oxidation sites excluding steroid dienone is 4. The van der Waals surface area contributed by atoms with E-state index in [2.05, 4.69) is 61.9 Å². The summed E-state index contributed by atoms with van der Waals surface area (Å²) >= 11 is 0. The molecule has 3 rings (SSSR count). The summed E-state index contributed by atoms with van der Waals surface area (Å²) in [4.78, 5) is 0. The van der Waals surface area contributed by atoms with Gasteiger partial charge < -0.3 is 0 Å². The summed E-state index contributed by atoms with van der Waals surface area (Å²) in [6.07, 6.45) is 12.0. The van der Waals surface area contributed by atoms with E-state index in [1.165, 1.54) is 18.4 Å². The van der Waals surface area contributed by atoms with Crippen molar-refractivity contribution in [2.75, 3.05) is 0 Å². The summed E-state index contributed by atoms with van der Waals surface area (Å²) in [5.74, 6) is 2.09. The summed E-state index contributed by atoms with van der Waals surface area (Å²) in [7, 11) is 0. The Bertz CT molecular complexity index is 444. The Morgan fingerprint density at radius 2 is 2.00 bits per heavy atom. The number of rotatable bonds is 2. The van der Waals surface area contributed by atoms with Gasteiger partial charge >= 0.3 is 0 Å². The minimum Gasteiger partial charge on any atom is -0.224 e. The molecule has 0 radical (unpaired) electrons. The van der Waals surface area contributed by atoms with E-state index < -0.39 is 0 Å². The summed E-state index contributed by atoms with van der Waals surface area (Å²) in [5, 5.41) is 0. The maximum absolute atomic E-state index is 2.49. The molecule has 1 saturated carbocycles. The molecule has 2 aliphatic rings. The van der Waals surface area contributed by atoms with Gasteiger partial charge in [-0.2, -0.15) is 0 Å². The van der Waals surface area contributed by atoms with E-state index >= 15 is 0 Å². The molecule has 0 aromatic heterocycles. The fraction of sp³-hybridized carbons (Fsp3) is 0.353. The Kier molecular flexibility index (Phi) is 4.67. The van der Waals surface area contributed by atoms with Crippen molar-refractivity contribution < 1.29 is 26.2 Å².